The van der Waals surface area contributed by atoms with Gasteiger partial charge in [-0.05, 0) is 54.6 Å². The van der Waals surface area contributed by atoms with Gasteiger partial charge < -0.3 is 14.2 Å². The molecule has 1 aliphatic heterocycles. The van der Waals surface area contributed by atoms with E-state index in [-0.39, 0.29) is 35.1 Å². The predicted molar refractivity (Wildman–Crippen MR) is 124 cm³/mol. The summed E-state index contributed by atoms with van der Waals surface area (Å²) in [5.74, 6) is -1.46. The van der Waals surface area contributed by atoms with E-state index in [1.807, 2.05) is 4.90 Å². The Hall–Kier alpha value is -3.50. The van der Waals surface area contributed by atoms with Crippen molar-refractivity contribution in [1.82, 2.24) is 8.87 Å². The molecule has 1 aliphatic rings. The zero-order valence-corrected chi connectivity index (χ0v) is 19.4. The molecule has 2 heterocycles. The number of ketones is 1. The Balaban J connectivity index is 1.40. The van der Waals surface area contributed by atoms with Crippen molar-refractivity contribution in [3.8, 4) is 0 Å². The van der Waals surface area contributed by atoms with Crippen LogP contribution in [0.5, 0.6) is 0 Å². The lowest BCUT2D eigenvalue weighted by Gasteiger charge is -2.35. The molecule has 34 heavy (non-hydrogen) atoms. The van der Waals surface area contributed by atoms with E-state index < -0.39 is 22.6 Å². The van der Waals surface area contributed by atoms with Gasteiger partial charge in [0.2, 0.25) is 15.8 Å². The van der Waals surface area contributed by atoms with Crippen molar-refractivity contribution in [2.45, 2.75) is 4.90 Å². The van der Waals surface area contributed by atoms with Gasteiger partial charge in [-0.25, -0.2) is 17.6 Å². The highest BCUT2D eigenvalue weighted by Gasteiger charge is 2.29. The number of halogens is 1. The molecule has 0 spiro atoms. The Morgan fingerprint density at radius 3 is 2.32 bits per heavy atom. The average molecular weight is 486 g/mol. The number of anilines is 1. The fourth-order valence-electron chi connectivity index (χ4n) is 3.81. The summed E-state index contributed by atoms with van der Waals surface area (Å²) in [5.41, 5.74) is 1.28. The molecule has 0 saturated carbocycles. The van der Waals surface area contributed by atoms with E-state index in [9.17, 15) is 22.4 Å². The van der Waals surface area contributed by atoms with Gasteiger partial charge in [-0.1, -0.05) is 6.07 Å². The van der Waals surface area contributed by atoms with Crippen molar-refractivity contribution < 1.29 is 27.1 Å². The largest absolute Gasteiger partial charge is 0.454 e. The maximum atomic E-state index is 13.2. The van der Waals surface area contributed by atoms with Crippen LogP contribution < -0.4 is 4.90 Å². The smallest absolute Gasteiger partial charge is 0.338 e. The average Bonchev–Trinajstić information content (AvgIpc) is 3.29. The van der Waals surface area contributed by atoms with E-state index in [0.29, 0.717) is 18.8 Å². The fourth-order valence-corrected chi connectivity index (χ4v) is 5.28. The number of Topliss-reactive ketones (excluding diaryl/α,β-unsaturated/α-hetero) is 1. The Labute approximate surface area is 197 Å². The number of carbonyl (C=O) groups excluding carboxylic acids is 2. The molecule has 0 bridgehead atoms. The Kier molecular flexibility index (Phi) is 6.80. The van der Waals surface area contributed by atoms with E-state index in [0.717, 1.165) is 5.69 Å². The molecule has 4 rings (SSSR count). The van der Waals surface area contributed by atoms with E-state index >= 15 is 0 Å². The van der Waals surface area contributed by atoms with Crippen LogP contribution in [0.1, 0.15) is 20.8 Å². The predicted octanol–water partition coefficient (Wildman–Crippen LogP) is 2.71. The molecule has 0 unspecified atom stereocenters. The summed E-state index contributed by atoms with van der Waals surface area (Å²) in [7, 11) is -2.12. The second-order valence-corrected chi connectivity index (χ2v) is 9.84. The maximum absolute atomic E-state index is 13.2. The molecule has 1 aromatic heterocycles. The molecule has 0 N–H and O–H groups in total. The molecule has 3 aromatic rings. The monoisotopic (exact) mass is 485 g/mol. The van der Waals surface area contributed by atoms with Crippen molar-refractivity contribution in [1.29, 1.82) is 0 Å². The second-order valence-electron chi connectivity index (χ2n) is 7.90. The first kappa shape index (κ1) is 23.7. The molecule has 1 fully saturated rings. The number of aromatic nitrogens is 1. The highest BCUT2D eigenvalue weighted by Crippen LogP contribution is 2.22. The number of hydrogen-bond donors (Lipinski definition) is 0. The number of sulfonamides is 1. The van der Waals surface area contributed by atoms with Crippen molar-refractivity contribution in [2.24, 2.45) is 7.05 Å². The minimum Gasteiger partial charge on any atom is -0.454 e. The third kappa shape index (κ3) is 5.02. The molecule has 0 aliphatic carbocycles. The van der Waals surface area contributed by atoms with Crippen molar-refractivity contribution >= 4 is 27.5 Å². The van der Waals surface area contributed by atoms with Crippen LogP contribution in [0.15, 0.2) is 71.8 Å². The van der Waals surface area contributed by atoms with Gasteiger partial charge in [0, 0.05) is 45.1 Å². The maximum Gasteiger partial charge on any atom is 0.338 e. The zero-order chi connectivity index (χ0) is 24.3. The summed E-state index contributed by atoms with van der Waals surface area (Å²) in [6.07, 6.45) is 1.71. The molecular weight excluding hydrogens is 461 g/mol. The van der Waals surface area contributed by atoms with E-state index in [2.05, 4.69) is 0 Å². The number of rotatable bonds is 7. The number of nitrogens with zero attached hydrogens (tertiary/aromatic N) is 3. The third-order valence-electron chi connectivity index (χ3n) is 5.70. The van der Waals surface area contributed by atoms with Crippen LogP contribution >= 0.6 is 0 Å². The Bertz CT molecular complexity index is 1300. The molecule has 0 atom stereocenters. The summed E-state index contributed by atoms with van der Waals surface area (Å²) in [4.78, 5) is 26.6. The minimum absolute atomic E-state index is 0.0223. The number of hydrogen-bond acceptors (Lipinski definition) is 6. The van der Waals surface area contributed by atoms with Gasteiger partial charge in [0.05, 0.1) is 16.2 Å². The van der Waals surface area contributed by atoms with Gasteiger partial charge in [0.15, 0.2) is 6.61 Å². The van der Waals surface area contributed by atoms with Crippen LogP contribution in [0.3, 0.4) is 0 Å². The molecular formula is C24H24FN3O5S. The number of esters is 1. The molecule has 10 heteroatoms. The first-order chi connectivity index (χ1) is 16.3. The van der Waals surface area contributed by atoms with E-state index in [1.165, 1.54) is 40.7 Å². The number of aryl methyl sites for hydroxylation is 1. The lowest BCUT2D eigenvalue weighted by atomic mass is 10.2. The Morgan fingerprint density at radius 2 is 1.68 bits per heavy atom. The highest BCUT2D eigenvalue weighted by molar-refractivity contribution is 7.89. The van der Waals surface area contributed by atoms with Gasteiger partial charge in [-0.15, -0.1) is 0 Å². The van der Waals surface area contributed by atoms with Crippen LogP contribution in [0.4, 0.5) is 10.1 Å². The molecule has 178 valence electrons. The normalized spacial score (nSPS) is 14.7. The highest BCUT2D eigenvalue weighted by atomic mass is 32.2. The standard InChI is InChI=1S/C24H24FN3O5S/c1-26-11-3-6-22(26)23(29)17-33-24(30)18-4-2-5-21(16-18)34(31,32)28-14-12-27(13-15-28)20-9-7-19(25)8-10-20/h2-11,16H,12-15,17H2,1H3. The van der Waals surface area contributed by atoms with Crippen LogP contribution in [0, 0.1) is 5.82 Å². The summed E-state index contributed by atoms with van der Waals surface area (Å²) in [6, 6.07) is 15.0. The van der Waals surface area contributed by atoms with Crippen molar-refractivity contribution in [3.05, 3.63) is 83.9 Å². The number of ether oxygens (including phenoxy) is 1. The SMILES string of the molecule is Cn1cccc1C(=O)COC(=O)c1cccc(S(=O)(=O)N2CCN(c3ccc(F)cc3)CC2)c1. The zero-order valence-electron chi connectivity index (χ0n) is 18.6. The lowest BCUT2D eigenvalue weighted by Crippen LogP contribution is -2.48. The molecule has 0 amide bonds. The van der Waals surface area contributed by atoms with Gasteiger partial charge in [-0.2, -0.15) is 4.31 Å². The van der Waals surface area contributed by atoms with E-state index in [4.69, 9.17) is 4.74 Å². The first-order valence-corrected chi connectivity index (χ1v) is 12.1. The van der Waals surface area contributed by atoms with Crippen molar-refractivity contribution in [2.75, 3.05) is 37.7 Å². The van der Waals surface area contributed by atoms with Gasteiger partial charge >= 0.3 is 5.97 Å². The van der Waals surface area contributed by atoms with Gasteiger partial charge in [0.25, 0.3) is 0 Å². The third-order valence-corrected chi connectivity index (χ3v) is 7.60. The summed E-state index contributed by atoms with van der Waals surface area (Å²) >= 11 is 0. The minimum atomic E-state index is -3.83. The molecule has 0 radical (unpaired) electrons. The fraction of sp³-hybridized carbons (Fsp3) is 0.250. The molecule has 2 aromatic carbocycles. The van der Waals surface area contributed by atoms with Gasteiger partial charge in [-0.3, -0.25) is 4.79 Å². The molecule has 1 saturated heterocycles. The van der Waals surface area contributed by atoms with Crippen LogP contribution in [0.2, 0.25) is 0 Å². The second kappa shape index (κ2) is 9.78. The number of piperazine rings is 1. The Morgan fingerprint density at radius 1 is 0.971 bits per heavy atom. The van der Waals surface area contributed by atoms with Gasteiger partial charge in [0.1, 0.15) is 5.82 Å². The van der Waals surface area contributed by atoms with Crippen molar-refractivity contribution in [3.63, 3.8) is 0 Å². The molecule has 8 nitrogen and oxygen atoms in total. The first-order valence-electron chi connectivity index (χ1n) is 10.7. The van der Waals surface area contributed by atoms with Crippen LogP contribution in [-0.4, -0.2) is 61.8 Å². The summed E-state index contributed by atoms with van der Waals surface area (Å²) in [5, 5.41) is 0. The quantitative estimate of drug-likeness (QED) is 0.378. The van der Waals surface area contributed by atoms with Crippen LogP contribution in [-0.2, 0) is 21.8 Å². The van der Waals surface area contributed by atoms with Crippen LogP contribution in [0.25, 0.3) is 0 Å². The topological polar surface area (TPSA) is 88.9 Å². The number of carbonyl (C=O) groups is 2. The summed E-state index contributed by atoms with van der Waals surface area (Å²) in [6.45, 7) is 0.958. The van der Waals surface area contributed by atoms with E-state index in [1.54, 1.807) is 42.1 Å². The summed E-state index contributed by atoms with van der Waals surface area (Å²) < 4.78 is 47.6. The number of benzene rings is 2. The lowest BCUT2D eigenvalue weighted by molar-refractivity contribution is 0.0472.